The standard InChI is InChI=1S/C23H29N5O9S/c24-13(5-6-18(29)30)20(33)26-16(8-19(31)32)22(35)27-15(21(34)28-17(10-38)23(36)37)7-11-9-25-14-4-2-1-3-12(11)14/h1-4,9,13,15-17,25,38H,5-8,10,24H2,(H,26,33)(H,27,35)(H,28,34)(H,29,30)(H,31,32)(H,36,37). The molecular formula is C23H29N5O9S. The van der Waals surface area contributed by atoms with Crippen molar-refractivity contribution in [2.75, 3.05) is 5.75 Å². The first-order valence-corrected chi connectivity index (χ1v) is 12.0. The molecule has 38 heavy (non-hydrogen) atoms. The Morgan fingerprint density at radius 3 is 2.08 bits per heavy atom. The number of nitrogens with one attached hydrogen (secondary N) is 4. The van der Waals surface area contributed by atoms with E-state index in [0.29, 0.717) is 5.56 Å². The van der Waals surface area contributed by atoms with Crippen molar-refractivity contribution in [1.29, 1.82) is 0 Å². The maximum Gasteiger partial charge on any atom is 0.327 e. The number of carbonyl (C=O) groups is 6. The van der Waals surface area contributed by atoms with E-state index in [1.807, 2.05) is 0 Å². The molecule has 0 fully saturated rings. The normalized spacial score (nSPS) is 14.1. The van der Waals surface area contributed by atoms with Gasteiger partial charge in [-0.25, -0.2) is 4.79 Å². The minimum absolute atomic E-state index is 0.105. The van der Waals surface area contributed by atoms with Crippen molar-refractivity contribution in [2.45, 2.75) is 49.9 Å². The summed E-state index contributed by atoms with van der Waals surface area (Å²) in [6, 6.07) is 1.41. The highest BCUT2D eigenvalue weighted by atomic mass is 32.1. The number of carboxylic acid groups (broad SMARTS) is 3. The van der Waals surface area contributed by atoms with Crippen LogP contribution < -0.4 is 21.7 Å². The number of rotatable bonds is 15. The number of fused-ring (bicyclic) bond motifs is 1. The number of amides is 3. The van der Waals surface area contributed by atoms with Crippen LogP contribution in [0.1, 0.15) is 24.8 Å². The van der Waals surface area contributed by atoms with Crippen molar-refractivity contribution in [3.63, 3.8) is 0 Å². The highest BCUT2D eigenvalue weighted by Gasteiger charge is 2.32. The number of aliphatic carboxylic acids is 3. The van der Waals surface area contributed by atoms with Gasteiger partial charge in [0.2, 0.25) is 17.7 Å². The number of carbonyl (C=O) groups excluding carboxylic acids is 3. The molecule has 15 heteroatoms. The molecule has 4 unspecified atom stereocenters. The summed E-state index contributed by atoms with van der Waals surface area (Å²) in [4.78, 5) is 75.0. The molecule has 0 radical (unpaired) electrons. The fourth-order valence-corrected chi connectivity index (χ4v) is 3.78. The van der Waals surface area contributed by atoms with Crippen molar-refractivity contribution in [3.05, 3.63) is 36.0 Å². The predicted molar refractivity (Wildman–Crippen MR) is 136 cm³/mol. The van der Waals surface area contributed by atoms with E-state index < -0.39 is 72.6 Å². The van der Waals surface area contributed by atoms with Crippen LogP contribution in [-0.2, 0) is 35.2 Å². The maximum atomic E-state index is 13.1. The first kappa shape index (κ1) is 30.1. The molecule has 4 atom stereocenters. The number of H-pyrrole nitrogens is 1. The first-order valence-electron chi connectivity index (χ1n) is 11.4. The molecule has 1 aromatic carbocycles. The third-order valence-corrected chi connectivity index (χ3v) is 5.91. The van der Waals surface area contributed by atoms with E-state index in [1.165, 1.54) is 0 Å². The molecule has 9 N–H and O–H groups in total. The molecular weight excluding hydrogens is 522 g/mol. The summed E-state index contributed by atoms with van der Waals surface area (Å²) in [5, 5.41) is 34.9. The van der Waals surface area contributed by atoms with Gasteiger partial charge in [0.1, 0.15) is 18.1 Å². The molecule has 206 valence electrons. The Bertz CT molecular complexity index is 1200. The number of para-hydroxylation sites is 1. The Balaban J connectivity index is 2.28. The van der Waals surface area contributed by atoms with E-state index in [1.54, 1.807) is 30.5 Å². The number of aromatic nitrogens is 1. The zero-order valence-corrected chi connectivity index (χ0v) is 20.9. The SMILES string of the molecule is NC(CCC(=O)O)C(=O)NC(CC(=O)O)C(=O)NC(Cc1c[nH]c2ccccc12)C(=O)NC(CS)C(=O)O. The van der Waals surface area contributed by atoms with Gasteiger partial charge in [-0.05, 0) is 18.1 Å². The molecule has 0 aliphatic rings. The summed E-state index contributed by atoms with van der Waals surface area (Å²) in [6.07, 6.45) is -0.0324. The van der Waals surface area contributed by atoms with Crippen molar-refractivity contribution < 1.29 is 44.1 Å². The average molecular weight is 552 g/mol. The Morgan fingerprint density at radius 1 is 0.868 bits per heavy atom. The van der Waals surface area contributed by atoms with Crippen molar-refractivity contribution in [1.82, 2.24) is 20.9 Å². The minimum atomic E-state index is -1.66. The molecule has 3 amide bonds. The van der Waals surface area contributed by atoms with Crippen LogP contribution in [0.5, 0.6) is 0 Å². The molecule has 0 saturated carbocycles. The number of carboxylic acids is 3. The topological polar surface area (TPSA) is 241 Å². The highest BCUT2D eigenvalue weighted by Crippen LogP contribution is 2.19. The second-order valence-electron chi connectivity index (χ2n) is 8.40. The number of benzene rings is 1. The van der Waals surface area contributed by atoms with Gasteiger partial charge in [0, 0.05) is 35.7 Å². The Kier molecular flexibility index (Phi) is 11.1. The third-order valence-electron chi connectivity index (χ3n) is 5.55. The smallest absolute Gasteiger partial charge is 0.327 e. The Hall–Kier alpha value is -4.11. The van der Waals surface area contributed by atoms with Gasteiger partial charge < -0.3 is 42.0 Å². The first-order chi connectivity index (χ1) is 17.9. The molecule has 0 spiro atoms. The maximum absolute atomic E-state index is 13.1. The van der Waals surface area contributed by atoms with Crippen LogP contribution in [-0.4, -0.2) is 85.9 Å². The van der Waals surface area contributed by atoms with Crippen LogP contribution in [0.2, 0.25) is 0 Å². The Labute approximate surface area is 221 Å². The van der Waals surface area contributed by atoms with Crippen LogP contribution in [0.15, 0.2) is 30.5 Å². The number of thiol groups is 1. The lowest BCUT2D eigenvalue weighted by Crippen LogP contribution is -2.58. The van der Waals surface area contributed by atoms with Crippen LogP contribution in [0.25, 0.3) is 10.9 Å². The molecule has 1 aromatic heterocycles. The molecule has 1 heterocycles. The lowest BCUT2D eigenvalue weighted by Gasteiger charge is -2.24. The minimum Gasteiger partial charge on any atom is -0.481 e. The number of nitrogens with two attached hydrogens (primary N) is 1. The monoisotopic (exact) mass is 551 g/mol. The summed E-state index contributed by atoms with van der Waals surface area (Å²) in [6.45, 7) is 0. The van der Waals surface area contributed by atoms with E-state index >= 15 is 0 Å². The van der Waals surface area contributed by atoms with Crippen LogP contribution in [0.4, 0.5) is 0 Å². The zero-order chi connectivity index (χ0) is 28.4. The summed E-state index contributed by atoms with van der Waals surface area (Å²) < 4.78 is 0. The van der Waals surface area contributed by atoms with Crippen molar-refractivity contribution >= 4 is 59.2 Å². The zero-order valence-electron chi connectivity index (χ0n) is 20.0. The molecule has 2 aromatic rings. The molecule has 0 aliphatic carbocycles. The van der Waals surface area contributed by atoms with Gasteiger partial charge in [-0.15, -0.1) is 0 Å². The summed E-state index contributed by atoms with van der Waals surface area (Å²) >= 11 is 3.91. The van der Waals surface area contributed by atoms with E-state index in [-0.39, 0.29) is 18.6 Å². The van der Waals surface area contributed by atoms with Gasteiger partial charge in [0.25, 0.3) is 0 Å². The van der Waals surface area contributed by atoms with Crippen molar-refractivity contribution in [2.24, 2.45) is 5.73 Å². The van der Waals surface area contributed by atoms with Crippen LogP contribution in [0, 0.1) is 0 Å². The van der Waals surface area contributed by atoms with Gasteiger partial charge in [0.15, 0.2) is 0 Å². The number of hydrogen-bond donors (Lipinski definition) is 9. The van der Waals surface area contributed by atoms with E-state index in [2.05, 4.69) is 33.6 Å². The highest BCUT2D eigenvalue weighted by molar-refractivity contribution is 7.80. The number of hydrogen-bond acceptors (Lipinski definition) is 8. The summed E-state index contributed by atoms with van der Waals surface area (Å²) in [7, 11) is 0. The fourth-order valence-electron chi connectivity index (χ4n) is 3.53. The van der Waals surface area contributed by atoms with Crippen molar-refractivity contribution in [3.8, 4) is 0 Å². The largest absolute Gasteiger partial charge is 0.481 e. The fraction of sp³-hybridized carbons (Fsp3) is 0.391. The van der Waals surface area contributed by atoms with Gasteiger partial charge >= 0.3 is 17.9 Å². The molecule has 0 saturated heterocycles. The van der Waals surface area contributed by atoms with Gasteiger partial charge in [0.05, 0.1) is 12.5 Å². The number of aromatic amines is 1. The van der Waals surface area contributed by atoms with E-state index in [0.717, 1.165) is 10.9 Å². The van der Waals surface area contributed by atoms with Gasteiger partial charge in [-0.2, -0.15) is 12.6 Å². The van der Waals surface area contributed by atoms with Crippen LogP contribution >= 0.6 is 12.6 Å². The molecule has 14 nitrogen and oxygen atoms in total. The Morgan fingerprint density at radius 2 is 1.47 bits per heavy atom. The second kappa shape index (κ2) is 14.0. The summed E-state index contributed by atoms with van der Waals surface area (Å²) in [5.74, 6) is -7.08. The molecule has 2 rings (SSSR count). The molecule has 0 bridgehead atoms. The van der Waals surface area contributed by atoms with Gasteiger partial charge in [-0.3, -0.25) is 24.0 Å². The predicted octanol–water partition coefficient (Wildman–Crippen LogP) is -1.15. The van der Waals surface area contributed by atoms with E-state index in [4.69, 9.17) is 10.8 Å². The van der Waals surface area contributed by atoms with Gasteiger partial charge in [-0.1, -0.05) is 18.2 Å². The lowest BCUT2D eigenvalue weighted by molar-refractivity contribution is -0.142. The van der Waals surface area contributed by atoms with Crippen LogP contribution in [0.3, 0.4) is 0 Å². The third kappa shape index (κ3) is 8.77. The van der Waals surface area contributed by atoms with E-state index in [9.17, 15) is 39.0 Å². The average Bonchev–Trinajstić information content (AvgIpc) is 3.26. The molecule has 0 aliphatic heterocycles. The lowest BCUT2D eigenvalue weighted by atomic mass is 10.0. The summed E-state index contributed by atoms with van der Waals surface area (Å²) in [5.41, 5.74) is 7.00. The quantitative estimate of drug-likeness (QED) is 0.120. The second-order valence-corrected chi connectivity index (χ2v) is 8.77.